The first kappa shape index (κ1) is 8.82. The highest BCUT2D eigenvalue weighted by molar-refractivity contribution is 6.29. The zero-order valence-electron chi connectivity index (χ0n) is 7.25. The van der Waals surface area contributed by atoms with Crippen molar-refractivity contribution in [2.45, 2.75) is 31.6 Å². The van der Waals surface area contributed by atoms with Crippen molar-refractivity contribution in [2.75, 3.05) is 0 Å². The van der Waals surface area contributed by atoms with Gasteiger partial charge in [0.2, 0.25) is 5.22 Å². The Morgan fingerprint density at radius 3 is 2.62 bits per heavy atom. The molecule has 0 spiro atoms. The molecule has 70 valence electrons. The van der Waals surface area contributed by atoms with Crippen LogP contribution in [0.15, 0.2) is 21.3 Å². The third kappa shape index (κ3) is 1.78. The van der Waals surface area contributed by atoms with Crippen molar-refractivity contribution in [3.8, 4) is 0 Å². The Balaban J connectivity index is 2.34. The van der Waals surface area contributed by atoms with Gasteiger partial charge in [0.1, 0.15) is 0 Å². The highest BCUT2D eigenvalue weighted by Crippen LogP contribution is 2.36. The lowest BCUT2D eigenvalue weighted by Crippen LogP contribution is -2.00. The first-order valence-electron chi connectivity index (χ1n) is 4.57. The Kier molecular flexibility index (Phi) is 2.40. The predicted molar refractivity (Wildman–Crippen MR) is 51.2 cm³/mol. The minimum Gasteiger partial charge on any atom is -0.411 e. The lowest BCUT2D eigenvalue weighted by Gasteiger charge is -2.08. The molecule has 2 rings (SSSR count). The monoisotopic (exact) mass is 198 g/mol. The van der Waals surface area contributed by atoms with Gasteiger partial charge in [0.15, 0.2) is 0 Å². The van der Waals surface area contributed by atoms with Crippen LogP contribution in [0, 0.1) is 0 Å². The number of hydrogen-bond acceptors (Lipinski definition) is 2. The maximum absolute atomic E-state index is 10.8. The third-order valence-corrected chi connectivity index (χ3v) is 2.91. The maximum atomic E-state index is 10.8. The zero-order valence-corrected chi connectivity index (χ0v) is 8.01. The molecule has 0 aliphatic heterocycles. The van der Waals surface area contributed by atoms with E-state index < -0.39 is 0 Å². The standard InChI is InChI=1S/C10H11ClO2/c11-10-8(5-6-9(12)13-10)7-3-1-2-4-7/h5-7H,1-4H2. The molecule has 3 heteroatoms. The Morgan fingerprint density at radius 1 is 1.31 bits per heavy atom. The molecule has 0 radical (unpaired) electrons. The van der Waals surface area contributed by atoms with E-state index in [-0.39, 0.29) is 10.8 Å². The highest BCUT2D eigenvalue weighted by atomic mass is 35.5. The second-order valence-electron chi connectivity index (χ2n) is 3.46. The van der Waals surface area contributed by atoms with Gasteiger partial charge in [-0.05, 0) is 36.4 Å². The zero-order chi connectivity index (χ0) is 9.26. The minimum absolute atomic E-state index is 0.277. The second-order valence-corrected chi connectivity index (χ2v) is 3.81. The summed E-state index contributed by atoms with van der Waals surface area (Å²) >= 11 is 5.84. The first-order chi connectivity index (χ1) is 6.27. The topological polar surface area (TPSA) is 30.2 Å². The van der Waals surface area contributed by atoms with Crippen molar-refractivity contribution >= 4 is 11.6 Å². The van der Waals surface area contributed by atoms with Crippen LogP contribution in [0.5, 0.6) is 0 Å². The van der Waals surface area contributed by atoms with E-state index in [1.165, 1.54) is 18.9 Å². The molecule has 2 nitrogen and oxygen atoms in total. The van der Waals surface area contributed by atoms with Gasteiger partial charge in [-0.25, -0.2) is 4.79 Å². The van der Waals surface area contributed by atoms with E-state index in [9.17, 15) is 4.79 Å². The molecule has 1 heterocycles. The predicted octanol–water partition coefficient (Wildman–Crippen LogP) is 2.95. The molecule has 1 fully saturated rings. The average Bonchev–Trinajstić information content (AvgIpc) is 2.56. The van der Waals surface area contributed by atoms with Gasteiger partial charge >= 0.3 is 5.63 Å². The van der Waals surface area contributed by atoms with Crippen LogP contribution < -0.4 is 5.63 Å². The van der Waals surface area contributed by atoms with Crippen LogP contribution in [-0.2, 0) is 0 Å². The van der Waals surface area contributed by atoms with Crippen LogP contribution >= 0.6 is 11.6 Å². The van der Waals surface area contributed by atoms with Gasteiger partial charge in [-0.2, -0.15) is 0 Å². The molecule has 0 atom stereocenters. The molecular weight excluding hydrogens is 188 g/mol. The van der Waals surface area contributed by atoms with Crippen LogP contribution in [0.1, 0.15) is 37.2 Å². The highest BCUT2D eigenvalue weighted by Gasteiger charge is 2.20. The fourth-order valence-corrected chi connectivity index (χ4v) is 2.23. The molecule has 0 unspecified atom stereocenters. The largest absolute Gasteiger partial charge is 0.411 e. The molecule has 1 aromatic rings. The van der Waals surface area contributed by atoms with E-state index in [1.54, 1.807) is 6.07 Å². The van der Waals surface area contributed by atoms with E-state index >= 15 is 0 Å². The molecule has 1 aliphatic rings. The van der Waals surface area contributed by atoms with Crippen LogP contribution in [0.25, 0.3) is 0 Å². The summed E-state index contributed by atoms with van der Waals surface area (Å²) in [7, 11) is 0. The summed E-state index contributed by atoms with van der Waals surface area (Å²) in [5.74, 6) is 0.497. The molecule has 0 saturated heterocycles. The quantitative estimate of drug-likeness (QED) is 0.695. The first-order valence-corrected chi connectivity index (χ1v) is 4.95. The van der Waals surface area contributed by atoms with Crippen molar-refractivity contribution in [1.82, 2.24) is 0 Å². The SMILES string of the molecule is O=c1ccc(C2CCCC2)c(Cl)o1. The van der Waals surface area contributed by atoms with Crippen molar-refractivity contribution in [3.05, 3.63) is 33.3 Å². The van der Waals surface area contributed by atoms with Gasteiger partial charge in [-0.1, -0.05) is 12.8 Å². The second kappa shape index (κ2) is 3.54. The minimum atomic E-state index is -0.369. The molecule has 13 heavy (non-hydrogen) atoms. The maximum Gasteiger partial charge on any atom is 0.337 e. The summed E-state index contributed by atoms with van der Waals surface area (Å²) in [6, 6.07) is 3.24. The van der Waals surface area contributed by atoms with Gasteiger partial charge in [0, 0.05) is 11.6 Å². The van der Waals surface area contributed by atoms with Crippen molar-refractivity contribution < 1.29 is 4.42 Å². The fourth-order valence-electron chi connectivity index (χ4n) is 1.94. The fraction of sp³-hybridized carbons (Fsp3) is 0.500. The third-order valence-electron chi connectivity index (χ3n) is 2.61. The van der Waals surface area contributed by atoms with Crippen LogP contribution in [-0.4, -0.2) is 0 Å². The van der Waals surface area contributed by atoms with E-state index in [2.05, 4.69) is 0 Å². The van der Waals surface area contributed by atoms with Gasteiger partial charge < -0.3 is 4.42 Å². The molecule has 1 aromatic heterocycles. The number of hydrogen-bond donors (Lipinski definition) is 0. The molecule has 1 saturated carbocycles. The summed E-state index contributed by atoms with van der Waals surface area (Å²) < 4.78 is 4.83. The molecule has 0 N–H and O–H groups in total. The molecule has 0 aromatic carbocycles. The Labute approximate surface area is 81.5 Å². The number of rotatable bonds is 1. The summed E-state index contributed by atoms with van der Waals surface area (Å²) in [5, 5.41) is 0.277. The van der Waals surface area contributed by atoms with Gasteiger partial charge in [0.05, 0.1) is 0 Å². The summed E-state index contributed by atoms with van der Waals surface area (Å²) in [4.78, 5) is 10.8. The summed E-state index contributed by atoms with van der Waals surface area (Å²) in [5.41, 5.74) is 0.630. The Morgan fingerprint density at radius 2 is 2.00 bits per heavy atom. The van der Waals surface area contributed by atoms with Crippen LogP contribution in [0.2, 0.25) is 5.22 Å². The summed E-state index contributed by atoms with van der Waals surface area (Å²) in [6.07, 6.45) is 4.82. The van der Waals surface area contributed by atoms with E-state index in [4.69, 9.17) is 16.0 Å². The Hall–Kier alpha value is -0.760. The smallest absolute Gasteiger partial charge is 0.337 e. The van der Waals surface area contributed by atoms with E-state index in [0.717, 1.165) is 18.4 Å². The van der Waals surface area contributed by atoms with Gasteiger partial charge in [-0.3, -0.25) is 0 Å². The van der Waals surface area contributed by atoms with E-state index in [0.29, 0.717) is 5.92 Å². The lowest BCUT2D eigenvalue weighted by molar-refractivity contribution is 0.498. The lowest BCUT2D eigenvalue weighted by atomic mass is 10.0. The van der Waals surface area contributed by atoms with Crippen LogP contribution in [0.4, 0.5) is 0 Å². The molecule has 1 aliphatic carbocycles. The molecule has 0 bridgehead atoms. The van der Waals surface area contributed by atoms with E-state index in [1.807, 2.05) is 0 Å². The Bertz CT molecular complexity index is 350. The van der Waals surface area contributed by atoms with Crippen molar-refractivity contribution in [2.24, 2.45) is 0 Å². The van der Waals surface area contributed by atoms with Gasteiger partial charge in [0.25, 0.3) is 0 Å². The molecule has 0 amide bonds. The molecular formula is C10H11ClO2. The normalized spacial score (nSPS) is 17.9. The van der Waals surface area contributed by atoms with Crippen LogP contribution in [0.3, 0.4) is 0 Å². The van der Waals surface area contributed by atoms with Crippen molar-refractivity contribution in [3.63, 3.8) is 0 Å². The van der Waals surface area contributed by atoms with Crippen molar-refractivity contribution in [1.29, 1.82) is 0 Å². The number of halogens is 1. The van der Waals surface area contributed by atoms with Gasteiger partial charge in [-0.15, -0.1) is 0 Å². The average molecular weight is 199 g/mol. The summed E-state index contributed by atoms with van der Waals surface area (Å²) in [6.45, 7) is 0.